The van der Waals surface area contributed by atoms with E-state index in [4.69, 9.17) is 19.6 Å². The number of methoxy groups -OCH3 is 2. The summed E-state index contributed by atoms with van der Waals surface area (Å²) >= 11 is 0. The van der Waals surface area contributed by atoms with E-state index in [9.17, 15) is 0 Å². The van der Waals surface area contributed by atoms with Crippen LogP contribution in [0.2, 0.25) is 0 Å². The van der Waals surface area contributed by atoms with E-state index in [0.29, 0.717) is 23.6 Å². The largest absolute Gasteiger partial charge is 0.484 e. The molecular formula is C11H21N4O3+. The molecule has 0 atom stereocenters. The molecule has 0 bridgehead atoms. The molecule has 0 aliphatic carbocycles. The number of hydrogen-bond acceptors (Lipinski definition) is 4. The van der Waals surface area contributed by atoms with Crippen LogP contribution in [0.3, 0.4) is 0 Å². The lowest BCUT2D eigenvalue weighted by atomic mass is 10.4. The first-order valence-electron chi connectivity index (χ1n) is 5.75. The summed E-state index contributed by atoms with van der Waals surface area (Å²) in [5, 5.41) is 8.05. The average Bonchev–Trinajstić information content (AvgIpc) is 2.38. The predicted molar refractivity (Wildman–Crippen MR) is 69.0 cm³/mol. The SMILES string of the molecule is COC(C)=NC(=NC(=N)[N+]1(C)CCOCC1)OC. The fraction of sp³-hybridized carbons (Fsp3) is 0.727. The zero-order chi connectivity index (χ0) is 13.6. The predicted octanol–water partition coefficient (Wildman–Crippen LogP) is 0.465. The number of quaternary nitrogens is 1. The van der Waals surface area contributed by atoms with Crippen molar-refractivity contribution in [3.05, 3.63) is 0 Å². The van der Waals surface area contributed by atoms with Gasteiger partial charge in [0.1, 0.15) is 13.1 Å². The molecule has 1 aliphatic rings. The number of hydrogen-bond donors (Lipinski definition) is 1. The lowest BCUT2D eigenvalue weighted by Crippen LogP contribution is -2.55. The van der Waals surface area contributed by atoms with Crippen LogP contribution in [0.5, 0.6) is 0 Å². The van der Waals surface area contributed by atoms with Gasteiger partial charge in [0.15, 0.2) is 5.90 Å². The highest BCUT2D eigenvalue weighted by Crippen LogP contribution is 2.09. The van der Waals surface area contributed by atoms with Gasteiger partial charge in [-0.15, -0.1) is 4.99 Å². The number of likely N-dealkylation sites (N-methyl/N-ethyl adjacent to an activating group) is 1. The van der Waals surface area contributed by atoms with Crippen molar-refractivity contribution in [3.8, 4) is 0 Å². The summed E-state index contributed by atoms with van der Waals surface area (Å²) in [5.41, 5.74) is 0. The summed E-state index contributed by atoms with van der Waals surface area (Å²) in [5.74, 6) is 0.649. The zero-order valence-electron chi connectivity index (χ0n) is 11.4. The Morgan fingerprint density at radius 1 is 1.17 bits per heavy atom. The van der Waals surface area contributed by atoms with E-state index in [0.717, 1.165) is 13.1 Å². The van der Waals surface area contributed by atoms with Gasteiger partial charge < -0.3 is 14.2 Å². The average molecular weight is 257 g/mol. The van der Waals surface area contributed by atoms with Gasteiger partial charge in [-0.25, -0.2) is 5.41 Å². The van der Waals surface area contributed by atoms with Crippen LogP contribution in [-0.4, -0.2) is 69.9 Å². The quantitative estimate of drug-likeness (QED) is 0.389. The normalized spacial score (nSPS) is 20.4. The van der Waals surface area contributed by atoms with E-state index in [1.165, 1.54) is 14.2 Å². The highest BCUT2D eigenvalue weighted by molar-refractivity contribution is 5.94. The van der Waals surface area contributed by atoms with Crippen molar-refractivity contribution in [2.45, 2.75) is 6.92 Å². The lowest BCUT2D eigenvalue weighted by molar-refractivity contribution is -0.832. The van der Waals surface area contributed by atoms with E-state index >= 15 is 0 Å². The van der Waals surface area contributed by atoms with Crippen LogP contribution in [-0.2, 0) is 14.2 Å². The van der Waals surface area contributed by atoms with Crippen LogP contribution in [0, 0.1) is 5.41 Å². The van der Waals surface area contributed by atoms with Crippen molar-refractivity contribution in [1.29, 1.82) is 5.41 Å². The molecule has 0 aromatic rings. The fourth-order valence-corrected chi connectivity index (χ4v) is 1.47. The van der Waals surface area contributed by atoms with Crippen LogP contribution >= 0.6 is 0 Å². The maximum atomic E-state index is 8.05. The molecule has 7 nitrogen and oxygen atoms in total. The minimum absolute atomic E-state index is 0.130. The van der Waals surface area contributed by atoms with Crippen LogP contribution in [0.4, 0.5) is 0 Å². The molecule has 102 valence electrons. The van der Waals surface area contributed by atoms with Crippen LogP contribution in [0.15, 0.2) is 9.98 Å². The maximum absolute atomic E-state index is 8.05. The van der Waals surface area contributed by atoms with Crippen molar-refractivity contribution in [2.75, 3.05) is 47.6 Å². The number of amidine groups is 1. The molecule has 1 heterocycles. The molecule has 1 fully saturated rings. The van der Waals surface area contributed by atoms with Gasteiger partial charge in [-0.2, -0.15) is 4.99 Å². The molecule has 1 aliphatic heterocycles. The number of aliphatic imine (C=N–C) groups is 2. The second-order valence-electron chi connectivity index (χ2n) is 4.21. The molecule has 7 heteroatoms. The summed E-state index contributed by atoms with van der Waals surface area (Å²) in [7, 11) is 4.94. The van der Waals surface area contributed by atoms with Gasteiger partial charge in [-0.3, -0.25) is 4.48 Å². The lowest BCUT2D eigenvalue weighted by Gasteiger charge is -2.34. The summed E-state index contributed by atoms with van der Waals surface area (Å²) in [6, 6.07) is 0.130. The Morgan fingerprint density at radius 2 is 1.78 bits per heavy atom. The third-order valence-corrected chi connectivity index (χ3v) is 2.90. The number of guanidine groups is 1. The fourth-order valence-electron chi connectivity index (χ4n) is 1.47. The number of ether oxygens (including phenoxy) is 3. The molecule has 0 spiro atoms. The van der Waals surface area contributed by atoms with Gasteiger partial charge in [0.2, 0.25) is 0 Å². The number of morpholine rings is 1. The second kappa shape index (κ2) is 6.46. The topological polar surface area (TPSA) is 76.3 Å². The molecule has 0 unspecified atom stereocenters. The summed E-state index contributed by atoms with van der Waals surface area (Å²) in [6.07, 6.45) is 0. The van der Waals surface area contributed by atoms with Crippen LogP contribution < -0.4 is 0 Å². The first kappa shape index (κ1) is 14.6. The Labute approximate surface area is 107 Å². The molecule has 0 amide bonds. The molecule has 0 radical (unpaired) electrons. The molecule has 0 aromatic carbocycles. The molecule has 1 N–H and O–H groups in total. The number of rotatable bonds is 0. The summed E-state index contributed by atoms with van der Waals surface area (Å²) in [4.78, 5) is 8.12. The first-order valence-corrected chi connectivity index (χ1v) is 5.75. The Bertz CT molecular complexity index is 359. The summed E-state index contributed by atoms with van der Waals surface area (Å²) < 4.78 is 15.7. The van der Waals surface area contributed by atoms with Crippen LogP contribution in [0.1, 0.15) is 6.92 Å². The van der Waals surface area contributed by atoms with Crippen molar-refractivity contribution in [1.82, 2.24) is 0 Å². The smallest absolute Gasteiger partial charge is 0.326 e. The van der Waals surface area contributed by atoms with Gasteiger partial charge >= 0.3 is 12.0 Å². The monoisotopic (exact) mass is 257 g/mol. The van der Waals surface area contributed by atoms with Crippen LogP contribution in [0.25, 0.3) is 0 Å². The Hall–Kier alpha value is -1.47. The second-order valence-corrected chi connectivity index (χ2v) is 4.21. The van der Waals surface area contributed by atoms with Gasteiger partial charge in [-0.05, 0) is 0 Å². The standard InChI is InChI=1S/C11H21N4O3/c1-9(16-3)13-11(17-4)14-10(12)15(2)5-7-18-8-6-15/h12H,5-8H2,1-4H3/q+1. The first-order chi connectivity index (χ1) is 8.51. The van der Waals surface area contributed by atoms with Crippen molar-refractivity contribution < 1.29 is 18.7 Å². The summed E-state index contributed by atoms with van der Waals surface area (Å²) in [6.45, 7) is 4.43. The maximum Gasteiger partial charge on any atom is 0.326 e. The molecule has 0 aromatic heterocycles. The van der Waals surface area contributed by atoms with E-state index < -0.39 is 0 Å². The van der Waals surface area contributed by atoms with Crippen molar-refractivity contribution >= 4 is 17.9 Å². The molecule has 18 heavy (non-hydrogen) atoms. The molecule has 1 rings (SSSR count). The van der Waals surface area contributed by atoms with Gasteiger partial charge in [0, 0.05) is 6.92 Å². The Kier molecular flexibility index (Phi) is 5.24. The Morgan fingerprint density at radius 3 is 2.28 bits per heavy atom. The molecular weight excluding hydrogens is 236 g/mol. The van der Waals surface area contributed by atoms with Gasteiger partial charge in [-0.1, -0.05) is 0 Å². The van der Waals surface area contributed by atoms with E-state index in [-0.39, 0.29) is 12.0 Å². The van der Waals surface area contributed by atoms with E-state index in [1.807, 2.05) is 7.05 Å². The Balaban J connectivity index is 2.81. The number of nitrogens with one attached hydrogen (secondary N) is 1. The van der Waals surface area contributed by atoms with Gasteiger partial charge in [0.05, 0.1) is 34.5 Å². The van der Waals surface area contributed by atoms with E-state index in [2.05, 4.69) is 9.98 Å². The number of nitrogens with zero attached hydrogens (tertiary/aromatic N) is 3. The van der Waals surface area contributed by atoms with Crippen molar-refractivity contribution in [3.63, 3.8) is 0 Å². The van der Waals surface area contributed by atoms with Crippen molar-refractivity contribution in [2.24, 2.45) is 9.98 Å². The highest BCUT2D eigenvalue weighted by atomic mass is 16.5. The zero-order valence-corrected chi connectivity index (χ0v) is 11.4. The van der Waals surface area contributed by atoms with E-state index in [1.54, 1.807) is 6.92 Å². The minimum atomic E-state index is 0.130. The minimum Gasteiger partial charge on any atom is -0.484 e. The van der Waals surface area contributed by atoms with Gasteiger partial charge in [0.25, 0.3) is 0 Å². The third-order valence-electron chi connectivity index (χ3n) is 2.90. The molecule has 1 saturated heterocycles. The molecule has 0 saturated carbocycles. The highest BCUT2D eigenvalue weighted by Gasteiger charge is 2.31. The third kappa shape index (κ3) is 3.78.